The lowest BCUT2D eigenvalue weighted by Gasteiger charge is -2.33. The zero-order chi connectivity index (χ0) is 13.6. The van der Waals surface area contributed by atoms with Crippen LogP contribution in [0.4, 0.5) is 0 Å². The number of aliphatic imine (C=N–C) groups is 1. The highest BCUT2D eigenvalue weighted by atomic mass is 32.2. The van der Waals surface area contributed by atoms with Crippen molar-refractivity contribution in [2.45, 2.75) is 46.6 Å². The number of ether oxygens (including phenoxy) is 1. The van der Waals surface area contributed by atoms with Gasteiger partial charge in [-0.3, -0.25) is 4.99 Å². The van der Waals surface area contributed by atoms with E-state index < -0.39 is 0 Å². The molecule has 1 rings (SSSR count). The first kappa shape index (κ1) is 15.3. The molecular formula is C13H24N2O2S. The van der Waals surface area contributed by atoms with E-state index in [4.69, 9.17) is 4.74 Å². The topological polar surface area (TPSA) is 50.7 Å². The molecule has 1 unspecified atom stereocenters. The van der Waals surface area contributed by atoms with Gasteiger partial charge in [-0.05, 0) is 32.1 Å². The minimum absolute atomic E-state index is 0.219. The molecular weight excluding hydrogens is 248 g/mol. The number of hydrogen-bond donors (Lipinski definition) is 1. The van der Waals surface area contributed by atoms with Gasteiger partial charge < -0.3 is 10.1 Å². The van der Waals surface area contributed by atoms with E-state index in [1.807, 2.05) is 13.8 Å². The number of amidine groups is 1. The predicted octanol–water partition coefficient (Wildman–Crippen LogP) is 2.44. The van der Waals surface area contributed by atoms with Gasteiger partial charge in [-0.1, -0.05) is 25.6 Å². The number of carbonyl (C=O) groups is 1. The monoisotopic (exact) mass is 272 g/mol. The van der Waals surface area contributed by atoms with Crippen LogP contribution in [-0.2, 0) is 9.53 Å². The Morgan fingerprint density at radius 1 is 1.50 bits per heavy atom. The van der Waals surface area contributed by atoms with Crippen LogP contribution in [0, 0.1) is 5.41 Å². The molecule has 1 aliphatic rings. The van der Waals surface area contributed by atoms with Crippen LogP contribution in [0.3, 0.4) is 0 Å². The Labute approximate surface area is 114 Å². The molecule has 1 N–H and O–H groups in total. The summed E-state index contributed by atoms with van der Waals surface area (Å²) in [6.07, 6.45) is 2.31. The molecule has 0 aromatic rings. The maximum atomic E-state index is 11.5. The number of thioether (sulfide) groups is 1. The second kappa shape index (κ2) is 7.02. The zero-order valence-corrected chi connectivity index (χ0v) is 12.6. The van der Waals surface area contributed by atoms with Crippen molar-refractivity contribution >= 4 is 22.9 Å². The van der Waals surface area contributed by atoms with Gasteiger partial charge in [0.1, 0.15) is 6.04 Å². The number of carbonyl (C=O) groups excluding carboxylic acids is 1. The lowest BCUT2D eigenvalue weighted by Crippen LogP contribution is -2.41. The third-order valence-electron chi connectivity index (χ3n) is 3.55. The molecule has 0 bridgehead atoms. The van der Waals surface area contributed by atoms with Gasteiger partial charge in [0.05, 0.1) is 6.61 Å². The largest absolute Gasteiger partial charge is 0.464 e. The minimum Gasteiger partial charge on any atom is -0.464 e. The molecule has 0 saturated heterocycles. The first-order chi connectivity index (χ1) is 8.56. The third-order valence-corrected chi connectivity index (χ3v) is 4.83. The molecule has 1 aliphatic heterocycles. The summed E-state index contributed by atoms with van der Waals surface area (Å²) < 4.78 is 4.96. The van der Waals surface area contributed by atoms with E-state index in [0.717, 1.165) is 30.3 Å². The fourth-order valence-corrected chi connectivity index (χ4v) is 3.19. The van der Waals surface area contributed by atoms with Crippen LogP contribution in [0.15, 0.2) is 4.99 Å². The minimum atomic E-state index is -0.327. The van der Waals surface area contributed by atoms with E-state index >= 15 is 0 Å². The van der Waals surface area contributed by atoms with Gasteiger partial charge in [0.25, 0.3) is 0 Å². The number of nitrogens with one attached hydrogen (secondary N) is 1. The van der Waals surface area contributed by atoms with E-state index in [1.54, 1.807) is 11.8 Å². The molecule has 0 aromatic carbocycles. The fourth-order valence-electron chi connectivity index (χ4n) is 1.83. The Morgan fingerprint density at radius 2 is 2.17 bits per heavy atom. The standard InChI is InChI=1S/C13H24N2O2S/c1-5-13(6-2)8-14-12(18-9-13)15-10(4)11(16)17-7-3/h10H,5-9H2,1-4H3,(H,14,15). The molecule has 104 valence electrons. The maximum Gasteiger partial charge on any atom is 0.328 e. The number of rotatable bonds is 5. The smallest absolute Gasteiger partial charge is 0.328 e. The van der Waals surface area contributed by atoms with Gasteiger partial charge in [0, 0.05) is 12.3 Å². The van der Waals surface area contributed by atoms with Gasteiger partial charge in [-0.2, -0.15) is 0 Å². The lowest BCUT2D eigenvalue weighted by atomic mass is 9.84. The van der Waals surface area contributed by atoms with Crippen LogP contribution >= 0.6 is 11.8 Å². The molecule has 0 saturated carbocycles. The molecule has 0 fully saturated rings. The van der Waals surface area contributed by atoms with Crippen molar-refractivity contribution in [3.8, 4) is 0 Å². The normalized spacial score (nSPS) is 19.9. The lowest BCUT2D eigenvalue weighted by molar-refractivity contribution is -0.144. The van der Waals surface area contributed by atoms with Gasteiger partial charge >= 0.3 is 5.97 Å². The molecule has 18 heavy (non-hydrogen) atoms. The van der Waals surface area contributed by atoms with Crippen molar-refractivity contribution in [1.29, 1.82) is 0 Å². The summed E-state index contributed by atoms with van der Waals surface area (Å²) >= 11 is 1.71. The molecule has 0 aliphatic carbocycles. The van der Waals surface area contributed by atoms with Gasteiger partial charge in [-0.15, -0.1) is 0 Å². The summed E-state index contributed by atoms with van der Waals surface area (Å²) in [4.78, 5) is 16.1. The Bertz CT molecular complexity index is 314. The summed E-state index contributed by atoms with van der Waals surface area (Å²) in [5.74, 6) is 0.852. The van der Waals surface area contributed by atoms with Crippen molar-refractivity contribution in [1.82, 2.24) is 5.32 Å². The number of hydrogen-bond acceptors (Lipinski definition) is 5. The summed E-state index contributed by atoms with van der Waals surface area (Å²) in [7, 11) is 0. The maximum absolute atomic E-state index is 11.5. The quantitative estimate of drug-likeness (QED) is 0.781. The van der Waals surface area contributed by atoms with E-state index in [1.165, 1.54) is 0 Å². The first-order valence-corrected chi connectivity index (χ1v) is 7.66. The number of nitrogens with zero attached hydrogens (tertiary/aromatic N) is 1. The van der Waals surface area contributed by atoms with E-state index in [-0.39, 0.29) is 12.0 Å². The zero-order valence-electron chi connectivity index (χ0n) is 11.8. The summed E-state index contributed by atoms with van der Waals surface area (Å²) in [5.41, 5.74) is 0.336. The summed E-state index contributed by atoms with van der Waals surface area (Å²) in [5, 5.41) is 4.00. The van der Waals surface area contributed by atoms with E-state index in [2.05, 4.69) is 24.2 Å². The van der Waals surface area contributed by atoms with Crippen LogP contribution in [-0.4, -0.2) is 36.1 Å². The second-order valence-electron chi connectivity index (χ2n) is 4.74. The van der Waals surface area contributed by atoms with E-state index in [0.29, 0.717) is 12.0 Å². The van der Waals surface area contributed by atoms with Crippen LogP contribution in [0.1, 0.15) is 40.5 Å². The Hall–Kier alpha value is -0.710. The Balaban J connectivity index is 2.51. The Morgan fingerprint density at radius 3 is 2.61 bits per heavy atom. The molecule has 0 amide bonds. The summed E-state index contributed by atoms with van der Waals surface area (Å²) in [6, 6.07) is -0.327. The van der Waals surface area contributed by atoms with Gasteiger partial charge in [-0.25, -0.2) is 4.79 Å². The van der Waals surface area contributed by atoms with Crippen molar-refractivity contribution in [2.24, 2.45) is 10.4 Å². The molecule has 0 radical (unpaired) electrons. The molecule has 5 heteroatoms. The van der Waals surface area contributed by atoms with Crippen molar-refractivity contribution in [3.63, 3.8) is 0 Å². The highest BCUT2D eigenvalue weighted by Gasteiger charge is 2.30. The second-order valence-corrected chi connectivity index (χ2v) is 5.70. The van der Waals surface area contributed by atoms with Crippen LogP contribution < -0.4 is 5.32 Å². The molecule has 1 atom stereocenters. The van der Waals surface area contributed by atoms with Gasteiger partial charge in [0.15, 0.2) is 5.17 Å². The van der Waals surface area contributed by atoms with Crippen molar-refractivity contribution in [3.05, 3.63) is 0 Å². The van der Waals surface area contributed by atoms with Crippen LogP contribution in [0.5, 0.6) is 0 Å². The predicted molar refractivity (Wildman–Crippen MR) is 77.0 cm³/mol. The van der Waals surface area contributed by atoms with E-state index in [9.17, 15) is 4.79 Å². The van der Waals surface area contributed by atoms with Crippen molar-refractivity contribution in [2.75, 3.05) is 18.9 Å². The first-order valence-electron chi connectivity index (χ1n) is 6.67. The Kier molecular flexibility index (Phi) is 5.99. The molecule has 0 aromatic heterocycles. The third kappa shape index (κ3) is 3.90. The van der Waals surface area contributed by atoms with Gasteiger partial charge in [0.2, 0.25) is 0 Å². The average molecular weight is 272 g/mol. The highest BCUT2D eigenvalue weighted by molar-refractivity contribution is 8.13. The molecule has 0 spiro atoms. The molecule has 1 heterocycles. The average Bonchev–Trinajstić information content (AvgIpc) is 2.40. The van der Waals surface area contributed by atoms with Crippen LogP contribution in [0.25, 0.3) is 0 Å². The molecule has 4 nitrogen and oxygen atoms in total. The van der Waals surface area contributed by atoms with Crippen LogP contribution in [0.2, 0.25) is 0 Å². The number of esters is 1. The van der Waals surface area contributed by atoms with Crippen molar-refractivity contribution < 1.29 is 9.53 Å². The SMILES string of the molecule is CCOC(=O)C(C)NC1=NCC(CC)(CC)CS1. The summed E-state index contributed by atoms with van der Waals surface area (Å²) in [6.45, 7) is 9.33. The highest BCUT2D eigenvalue weighted by Crippen LogP contribution is 2.34. The fraction of sp³-hybridized carbons (Fsp3) is 0.846.